The van der Waals surface area contributed by atoms with Crippen LogP contribution in [-0.2, 0) is 11.3 Å². The maximum Gasteiger partial charge on any atom is 0.245 e. The van der Waals surface area contributed by atoms with Gasteiger partial charge in [0.1, 0.15) is 11.8 Å². The average molecular weight is 489 g/mol. The van der Waals surface area contributed by atoms with Crippen molar-refractivity contribution in [2.75, 3.05) is 33.0 Å². The van der Waals surface area contributed by atoms with Crippen molar-refractivity contribution in [2.45, 2.75) is 37.6 Å². The second-order valence-corrected chi connectivity index (χ2v) is 9.13. The first-order chi connectivity index (χ1) is 16.2. The molecule has 1 amide bonds. The monoisotopic (exact) mass is 488 g/mol. The number of nitrogens with one attached hydrogen (secondary N) is 2. The van der Waals surface area contributed by atoms with E-state index in [2.05, 4.69) is 31.9 Å². The molecule has 0 saturated heterocycles. The summed E-state index contributed by atoms with van der Waals surface area (Å²) in [6.45, 7) is 4.44. The number of nitrogens with zero attached hydrogens (tertiary/aromatic N) is 6. The molecule has 0 bridgehead atoms. The summed E-state index contributed by atoms with van der Waals surface area (Å²) in [7, 11) is 5.57. The third-order valence-electron chi connectivity index (χ3n) is 5.73. The van der Waals surface area contributed by atoms with Crippen molar-refractivity contribution in [3.63, 3.8) is 0 Å². The zero-order valence-corrected chi connectivity index (χ0v) is 20.2. The molecule has 0 spiro atoms. The molecule has 34 heavy (non-hydrogen) atoms. The summed E-state index contributed by atoms with van der Waals surface area (Å²) >= 11 is 6.35. The number of rotatable bonds is 10. The number of aromatic nitrogens is 5. The normalized spacial score (nSPS) is 18.5. The number of aliphatic hydroxyl groups excluding tert-OH is 1. The molecule has 3 N–H and O–H groups in total. The molecule has 1 unspecified atom stereocenters. The third kappa shape index (κ3) is 5.32. The van der Waals surface area contributed by atoms with E-state index in [0.717, 1.165) is 0 Å². The number of carbonyl (C=O) groups is 1. The topological polar surface area (TPSA) is 124 Å². The van der Waals surface area contributed by atoms with Gasteiger partial charge < -0.3 is 29.9 Å². The number of hydrogen-bond acceptors (Lipinski definition) is 8. The molecule has 1 aliphatic carbocycles. The number of amides is 1. The maximum absolute atomic E-state index is 11.8. The van der Waals surface area contributed by atoms with Gasteiger partial charge >= 0.3 is 0 Å². The van der Waals surface area contributed by atoms with E-state index in [9.17, 15) is 9.90 Å². The number of anilines is 2. The van der Waals surface area contributed by atoms with E-state index >= 15 is 0 Å². The van der Waals surface area contributed by atoms with Gasteiger partial charge in [-0.3, -0.25) is 9.48 Å². The molecule has 0 aliphatic heterocycles. The Morgan fingerprint density at radius 3 is 2.91 bits per heavy atom. The molecular formula is C22H29ClN8O3. The highest BCUT2D eigenvalue weighted by molar-refractivity contribution is 6.35. The second kappa shape index (κ2) is 10.00. The number of likely N-dealkylation sites (N-methyl/N-ethyl adjacent to an activating group) is 2. The molecular weight excluding hydrogens is 460 g/mol. The van der Waals surface area contributed by atoms with E-state index in [1.165, 1.54) is 6.08 Å². The largest absolute Gasteiger partial charge is 0.474 e. The van der Waals surface area contributed by atoms with Gasteiger partial charge in [0.15, 0.2) is 0 Å². The van der Waals surface area contributed by atoms with E-state index in [1.807, 2.05) is 19.0 Å². The van der Waals surface area contributed by atoms with Crippen LogP contribution in [0.25, 0.3) is 11.0 Å². The number of hydrogen-bond donors (Lipinski definition) is 3. The molecule has 1 aliphatic rings. The predicted octanol–water partition coefficient (Wildman–Crippen LogP) is 2.03. The molecule has 3 aromatic rings. The average Bonchev–Trinajstić information content (AvgIpc) is 3.34. The van der Waals surface area contributed by atoms with E-state index in [0.29, 0.717) is 59.5 Å². The van der Waals surface area contributed by atoms with Crippen LogP contribution in [0.15, 0.2) is 31.2 Å². The lowest BCUT2D eigenvalue weighted by Gasteiger charge is -2.40. The summed E-state index contributed by atoms with van der Waals surface area (Å²) in [5, 5.41) is 18.6. The standard InChI is InChI=1S/C22H29ClN8O3/c1-5-18(33)30(4)14-6-16(7-14)34-21-19-17(23)9-24-20(19)27-22(28-21)26-13-8-25-31(10-13)12-15(32)11-29(2)3/h5,8-10,14-16,32H,1,6-7,11-12H2,2-4H3,(H2,24,26,27,28). The van der Waals surface area contributed by atoms with Gasteiger partial charge in [0.25, 0.3) is 0 Å². The molecule has 3 heterocycles. The fourth-order valence-corrected chi connectivity index (χ4v) is 4.11. The fourth-order valence-electron chi connectivity index (χ4n) is 3.89. The quantitative estimate of drug-likeness (QED) is 0.370. The SMILES string of the molecule is C=CC(=O)N(C)C1CC(Oc2nc(Nc3cnn(CC(O)CN(C)C)c3)nc3[nH]cc(Cl)c23)C1. The lowest BCUT2D eigenvalue weighted by atomic mass is 9.88. The highest BCUT2D eigenvalue weighted by atomic mass is 35.5. The first kappa shape index (κ1) is 24.0. The Hall–Kier alpha value is -3.15. The lowest BCUT2D eigenvalue weighted by molar-refractivity contribution is -0.130. The Morgan fingerprint density at radius 2 is 2.21 bits per heavy atom. The number of carbonyl (C=O) groups excluding carboxylic acids is 1. The summed E-state index contributed by atoms with van der Waals surface area (Å²) < 4.78 is 7.81. The van der Waals surface area contributed by atoms with Crippen LogP contribution in [0.1, 0.15) is 12.8 Å². The van der Waals surface area contributed by atoms with Crippen LogP contribution >= 0.6 is 11.6 Å². The lowest BCUT2D eigenvalue weighted by Crippen LogP contribution is -2.49. The Labute approximate surface area is 202 Å². The number of fused-ring (bicyclic) bond motifs is 1. The molecule has 11 nitrogen and oxygen atoms in total. The highest BCUT2D eigenvalue weighted by Crippen LogP contribution is 2.35. The summed E-state index contributed by atoms with van der Waals surface area (Å²) in [5.74, 6) is 0.584. The molecule has 182 valence electrons. The van der Waals surface area contributed by atoms with Crippen LogP contribution < -0.4 is 10.1 Å². The van der Waals surface area contributed by atoms with Crippen LogP contribution in [0.5, 0.6) is 5.88 Å². The van der Waals surface area contributed by atoms with Crippen LogP contribution in [0.2, 0.25) is 5.02 Å². The Morgan fingerprint density at radius 1 is 1.44 bits per heavy atom. The van der Waals surface area contributed by atoms with E-state index in [4.69, 9.17) is 16.3 Å². The van der Waals surface area contributed by atoms with Gasteiger partial charge in [0.05, 0.1) is 34.9 Å². The first-order valence-electron chi connectivity index (χ1n) is 11.0. The minimum Gasteiger partial charge on any atom is -0.474 e. The molecule has 0 aromatic carbocycles. The number of H-pyrrole nitrogens is 1. The molecule has 0 radical (unpaired) electrons. The molecule has 1 saturated carbocycles. The predicted molar refractivity (Wildman–Crippen MR) is 129 cm³/mol. The van der Waals surface area contributed by atoms with Gasteiger partial charge in [-0.1, -0.05) is 18.2 Å². The van der Waals surface area contributed by atoms with Crippen LogP contribution in [0.3, 0.4) is 0 Å². The summed E-state index contributed by atoms with van der Waals surface area (Å²) in [6.07, 6.45) is 7.11. The molecule has 4 rings (SSSR count). The minimum atomic E-state index is -0.538. The fraction of sp³-hybridized carbons (Fsp3) is 0.455. The molecule has 12 heteroatoms. The van der Waals surface area contributed by atoms with Crippen molar-refractivity contribution in [2.24, 2.45) is 0 Å². The van der Waals surface area contributed by atoms with Gasteiger partial charge in [-0.15, -0.1) is 0 Å². The van der Waals surface area contributed by atoms with Crippen molar-refractivity contribution in [1.29, 1.82) is 0 Å². The van der Waals surface area contributed by atoms with Crippen molar-refractivity contribution >= 4 is 40.2 Å². The smallest absolute Gasteiger partial charge is 0.245 e. The van der Waals surface area contributed by atoms with Gasteiger partial charge in [-0.05, 0) is 20.2 Å². The van der Waals surface area contributed by atoms with Crippen LogP contribution in [0.4, 0.5) is 11.6 Å². The number of halogens is 1. The zero-order chi connectivity index (χ0) is 24.4. The van der Waals surface area contributed by atoms with Gasteiger partial charge in [0, 0.05) is 44.9 Å². The summed E-state index contributed by atoms with van der Waals surface area (Å²) in [5.41, 5.74) is 1.22. The van der Waals surface area contributed by atoms with Crippen molar-refractivity contribution in [1.82, 2.24) is 34.5 Å². The Bertz CT molecular complexity index is 1170. The van der Waals surface area contributed by atoms with Gasteiger partial charge in [-0.2, -0.15) is 15.1 Å². The first-order valence-corrected chi connectivity index (χ1v) is 11.3. The maximum atomic E-state index is 11.8. The van der Waals surface area contributed by atoms with Crippen LogP contribution in [-0.4, -0.2) is 91.5 Å². The highest BCUT2D eigenvalue weighted by Gasteiger charge is 2.36. The zero-order valence-electron chi connectivity index (χ0n) is 19.4. The Balaban J connectivity index is 1.46. The number of ether oxygens (including phenoxy) is 1. The number of aliphatic hydroxyl groups is 1. The minimum absolute atomic E-state index is 0.0945. The van der Waals surface area contributed by atoms with E-state index in [1.54, 1.807) is 35.2 Å². The van der Waals surface area contributed by atoms with Crippen molar-refractivity contribution in [3.8, 4) is 5.88 Å². The molecule has 3 aromatic heterocycles. The van der Waals surface area contributed by atoms with Crippen molar-refractivity contribution in [3.05, 3.63) is 36.3 Å². The van der Waals surface area contributed by atoms with Gasteiger partial charge in [0.2, 0.25) is 17.7 Å². The van der Waals surface area contributed by atoms with E-state index < -0.39 is 6.10 Å². The van der Waals surface area contributed by atoms with E-state index in [-0.39, 0.29) is 18.1 Å². The summed E-state index contributed by atoms with van der Waals surface area (Å²) in [4.78, 5) is 27.5. The Kier molecular flexibility index (Phi) is 7.05. The van der Waals surface area contributed by atoms with Gasteiger partial charge in [-0.25, -0.2) is 0 Å². The second-order valence-electron chi connectivity index (χ2n) is 8.72. The summed E-state index contributed by atoms with van der Waals surface area (Å²) in [6, 6.07) is 0.0980. The van der Waals surface area contributed by atoms with Crippen LogP contribution in [0, 0.1) is 0 Å². The molecule has 1 fully saturated rings. The number of aromatic amines is 1. The van der Waals surface area contributed by atoms with Crippen molar-refractivity contribution < 1.29 is 14.6 Å². The third-order valence-corrected chi connectivity index (χ3v) is 6.03. The molecule has 1 atom stereocenters.